The summed E-state index contributed by atoms with van der Waals surface area (Å²) in [7, 11) is 0. The van der Waals surface area contributed by atoms with Crippen molar-refractivity contribution in [3.8, 4) is 0 Å². The SMILES string of the molecule is CC1OCCC1(O)CN(Cc1ccccc1)C(=O)OC(C)(C)C. The van der Waals surface area contributed by atoms with Gasteiger partial charge in [-0.15, -0.1) is 0 Å². The first-order valence-electron chi connectivity index (χ1n) is 8.05. The predicted molar refractivity (Wildman–Crippen MR) is 88.1 cm³/mol. The van der Waals surface area contributed by atoms with Crippen molar-refractivity contribution in [1.29, 1.82) is 0 Å². The zero-order chi connectivity index (χ0) is 17.1. The van der Waals surface area contributed by atoms with E-state index in [0.717, 1.165) is 5.56 Å². The monoisotopic (exact) mass is 321 g/mol. The second-order valence-electron chi connectivity index (χ2n) is 7.19. The van der Waals surface area contributed by atoms with E-state index in [4.69, 9.17) is 9.47 Å². The Bertz CT molecular complexity index is 526. The number of hydrogen-bond acceptors (Lipinski definition) is 4. The van der Waals surface area contributed by atoms with Gasteiger partial charge in [0.1, 0.15) is 11.2 Å². The largest absolute Gasteiger partial charge is 0.444 e. The number of hydrogen-bond donors (Lipinski definition) is 1. The first-order chi connectivity index (χ1) is 10.7. The lowest BCUT2D eigenvalue weighted by atomic mass is 9.96. The van der Waals surface area contributed by atoms with Gasteiger partial charge in [0.2, 0.25) is 0 Å². The van der Waals surface area contributed by atoms with Gasteiger partial charge in [0, 0.05) is 19.6 Å². The highest BCUT2D eigenvalue weighted by molar-refractivity contribution is 5.68. The zero-order valence-corrected chi connectivity index (χ0v) is 14.4. The maximum atomic E-state index is 12.6. The van der Waals surface area contributed by atoms with Crippen molar-refractivity contribution in [2.75, 3.05) is 13.2 Å². The van der Waals surface area contributed by atoms with Crippen molar-refractivity contribution >= 4 is 6.09 Å². The Morgan fingerprint density at radius 3 is 2.57 bits per heavy atom. The summed E-state index contributed by atoms with van der Waals surface area (Å²) in [5, 5.41) is 10.8. The molecule has 2 unspecified atom stereocenters. The number of carbonyl (C=O) groups excluding carboxylic acids is 1. The quantitative estimate of drug-likeness (QED) is 0.926. The summed E-state index contributed by atoms with van der Waals surface area (Å²) >= 11 is 0. The van der Waals surface area contributed by atoms with Crippen molar-refractivity contribution in [2.24, 2.45) is 0 Å². The summed E-state index contributed by atoms with van der Waals surface area (Å²) < 4.78 is 11.0. The molecule has 2 atom stereocenters. The number of amides is 1. The third kappa shape index (κ3) is 4.94. The van der Waals surface area contributed by atoms with Crippen molar-refractivity contribution in [3.63, 3.8) is 0 Å². The summed E-state index contributed by atoms with van der Waals surface area (Å²) in [6.07, 6.45) is -0.209. The van der Waals surface area contributed by atoms with Crippen LogP contribution in [0.25, 0.3) is 0 Å². The standard InChI is InChI=1S/C18H27NO4/c1-14-18(21,10-11-22-14)13-19(16(20)23-17(2,3)4)12-15-8-6-5-7-9-15/h5-9,14,21H,10-13H2,1-4H3. The van der Waals surface area contributed by atoms with Crippen LogP contribution in [0.3, 0.4) is 0 Å². The first kappa shape index (κ1) is 17.8. The fraction of sp³-hybridized carbons (Fsp3) is 0.611. The van der Waals surface area contributed by atoms with E-state index in [2.05, 4.69) is 0 Å². The van der Waals surface area contributed by atoms with Crippen molar-refractivity contribution in [1.82, 2.24) is 4.90 Å². The van der Waals surface area contributed by atoms with Gasteiger partial charge in [0.25, 0.3) is 0 Å². The fourth-order valence-corrected chi connectivity index (χ4v) is 2.62. The van der Waals surface area contributed by atoms with E-state index in [1.54, 1.807) is 4.90 Å². The van der Waals surface area contributed by atoms with Crippen LogP contribution in [-0.4, -0.2) is 46.6 Å². The normalized spacial score (nSPS) is 24.5. The van der Waals surface area contributed by atoms with Gasteiger partial charge in [0.05, 0.1) is 12.6 Å². The Morgan fingerprint density at radius 1 is 1.39 bits per heavy atom. The van der Waals surface area contributed by atoms with E-state index in [1.807, 2.05) is 58.0 Å². The molecule has 1 aliphatic rings. The lowest BCUT2D eigenvalue weighted by molar-refractivity contribution is -0.0552. The maximum Gasteiger partial charge on any atom is 0.410 e. The van der Waals surface area contributed by atoms with E-state index in [1.165, 1.54) is 0 Å². The smallest absolute Gasteiger partial charge is 0.410 e. The summed E-state index contributed by atoms with van der Waals surface area (Å²) in [6.45, 7) is 8.43. The molecule has 0 radical (unpaired) electrons. The summed E-state index contributed by atoms with van der Waals surface area (Å²) in [6, 6.07) is 9.70. The molecule has 0 spiro atoms. The Labute approximate surface area is 138 Å². The topological polar surface area (TPSA) is 59.0 Å². The highest BCUT2D eigenvalue weighted by Gasteiger charge is 2.42. The van der Waals surface area contributed by atoms with Crippen LogP contribution in [0.15, 0.2) is 30.3 Å². The van der Waals surface area contributed by atoms with E-state index in [0.29, 0.717) is 19.6 Å². The number of carbonyl (C=O) groups is 1. The van der Waals surface area contributed by atoms with Gasteiger partial charge < -0.3 is 19.5 Å². The number of benzene rings is 1. The number of ether oxygens (including phenoxy) is 2. The van der Waals surface area contributed by atoms with E-state index in [9.17, 15) is 9.90 Å². The molecule has 1 fully saturated rings. The molecule has 1 N–H and O–H groups in total. The van der Waals surface area contributed by atoms with Gasteiger partial charge >= 0.3 is 6.09 Å². The van der Waals surface area contributed by atoms with Crippen molar-refractivity contribution in [2.45, 2.75) is 58.0 Å². The molecule has 1 aromatic rings. The van der Waals surface area contributed by atoms with Gasteiger partial charge in [-0.25, -0.2) is 4.79 Å². The van der Waals surface area contributed by atoms with Gasteiger partial charge in [-0.1, -0.05) is 30.3 Å². The van der Waals surface area contributed by atoms with Crippen LogP contribution >= 0.6 is 0 Å². The van der Waals surface area contributed by atoms with Crippen LogP contribution < -0.4 is 0 Å². The molecule has 1 aromatic carbocycles. The van der Waals surface area contributed by atoms with Gasteiger partial charge in [-0.2, -0.15) is 0 Å². The number of rotatable bonds is 4. The first-order valence-corrected chi connectivity index (χ1v) is 8.05. The molecule has 5 nitrogen and oxygen atoms in total. The van der Waals surface area contributed by atoms with Crippen molar-refractivity contribution in [3.05, 3.63) is 35.9 Å². The molecule has 1 aliphatic heterocycles. The lowest BCUT2D eigenvalue weighted by Crippen LogP contribution is -2.50. The lowest BCUT2D eigenvalue weighted by Gasteiger charge is -2.34. The second kappa shape index (κ2) is 6.89. The molecule has 128 valence electrons. The highest BCUT2D eigenvalue weighted by atomic mass is 16.6. The van der Waals surface area contributed by atoms with Crippen LogP contribution in [0, 0.1) is 0 Å². The summed E-state index contributed by atoms with van der Waals surface area (Å²) in [4.78, 5) is 14.1. The van der Waals surface area contributed by atoms with Crippen LogP contribution in [0.5, 0.6) is 0 Å². The molecule has 2 rings (SSSR count). The van der Waals surface area contributed by atoms with Gasteiger partial charge in [-0.3, -0.25) is 0 Å². The Balaban J connectivity index is 2.15. The average Bonchev–Trinajstić information content (AvgIpc) is 2.77. The van der Waals surface area contributed by atoms with E-state index in [-0.39, 0.29) is 12.6 Å². The van der Waals surface area contributed by atoms with Crippen LogP contribution in [0.1, 0.15) is 39.7 Å². The molecule has 0 aromatic heterocycles. The minimum atomic E-state index is -1.04. The third-order valence-electron chi connectivity index (χ3n) is 3.99. The average molecular weight is 321 g/mol. The molecule has 23 heavy (non-hydrogen) atoms. The third-order valence-corrected chi connectivity index (χ3v) is 3.99. The van der Waals surface area contributed by atoms with Gasteiger partial charge in [0.15, 0.2) is 0 Å². The fourth-order valence-electron chi connectivity index (χ4n) is 2.62. The minimum Gasteiger partial charge on any atom is -0.444 e. The number of aliphatic hydroxyl groups is 1. The molecule has 1 amide bonds. The molecule has 5 heteroatoms. The zero-order valence-electron chi connectivity index (χ0n) is 14.4. The van der Waals surface area contributed by atoms with Gasteiger partial charge in [-0.05, 0) is 33.3 Å². The molecule has 1 heterocycles. The Kier molecular flexibility index (Phi) is 5.32. The summed E-state index contributed by atoms with van der Waals surface area (Å²) in [5.74, 6) is 0. The minimum absolute atomic E-state index is 0.192. The molecule has 0 bridgehead atoms. The van der Waals surface area contributed by atoms with Crippen LogP contribution in [0.2, 0.25) is 0 Å². The maximum absolute atomic E-state index is 12.6. The summed E-state index contributed by atoms with van der Waals surface area (Å²) in [5.41, 5.74) is -0.619. The molecule has 0 aliphatic carbocycles. The molecular weight excluding hydrogens is 294 g/mol. The highest BCUT2D eigenvalue weighted by Crippen LogP contribution is 2.28. The Morgan fingerprint density at radius 2 is 2.04 bits per heavy atom. The van der Waals surface area contributed by atoms with E-state index < -0.39 is 17.3 Å². The molecule has 1 saturated heterocycles. The van der Waals surface area contributed by atoms with Crippen LogP contribution in [-0.2, 0) is 16.0 Å². The molecular formula is C18H27NO4. The van der Waals surface area contributed by atoms with E-state index >= 15 is 0 Å². The van der Waals surface area contributed by atoms with Crippen molar-refractivity contribution < 1.29 is 19.4 Å². The molecule has 0 saturated carbocycles. The number of nitrogens with zero attached hydrogens (tertiary/aromatic N) is 1. The Hall–Kier alpha value is -1.59. The van der Waals surface area contributed by atoms with Crippen LogP contribution in [0.4, 0.5) is 4.79 Å². The second-order valence-corrected chi connectivity index (χ2v) is 7.19. The predicted octanol–water partition coefficient (Wildman–Crippen LogP) is 2.96.